The highest BCUT2D eigenvalue weighted by atomic mass is 19.3. The van der Waals surface area contributed by atoms with Crippen LogP contribution < -0.4 is 10.1 Å². The van der Waals surface area contributed by atoms with E-state index in [1.807, 2.05) is 0 Å². The molecular weight excluding hydrogens is 372 g/mol. The van der Waals surface area contributed by atoms with Gasteiger partial charge in [0.2, 0.25) is 0 Å². The number of alkyl halides is 2. The van der Waals surface area contributed by atoms with Crippen LogP contribution in [0.25, 0.3) is 0 Å². The number of benzene rings is 2. The molecule has 1 atom stereocenters. The summed E-state index contributed by atoms with van der Waals surface area (Å²) in [5.74, 6) is -1.86. The first kappa shape index (κ1) is 21.0. The first-order chi connectivity index (χ1) is 13.4. The molecule has 0 aromatic heterocycles. The van der Waals surface area contributed by atoms with Gasteiger partial charge in [0.15, 0.2) is 11.9 Å². The quantitative estimate of drug-likeness (QED) is 0.519. The number of Topliss-reactive ketones (excluding diaryl/α,β-unsaturated/α-hetero) is 1. The maximum absolute atomic E-state index is 12.4. The highest BCUT2D eigenvalue weighted by molar-refractivity contribution is 5.98. The molecule has 2 rings (SSSR count). The van der Waals surface area contributed by atoms with Gasteiger partial charge in [0.1, 0.15) is 5.75 Å². The highest BCUT2D eigenvalue weighted by Gasteiger charge is 2.20. The molecular formula is C20H19F2NO5. The second kappa shape index (κ2) is 10.1. The van der Waals surface area contributed by atoms with E-state index in [-0.39, 0.29) is 30.1 Å². The molecule has 1 N–H and O–H groups in total. The minimum atomic E-state index is -3.05. The number of para-hydroxylation sites is 2. The molecule has 0 heterocycles. The van der Waals surface area contributed by atoms with Crippen LogP contribution in [0.2, 0.25) is 0 Å². The van der Waals surface area contributed by atoms with Crippen molar-refractivity contribution in [1.29, 1.82) is 0 Å². The van der Waals surface area contributed by atoms with E-state index in [1.54, 1.807) is 30.3 Å². The summed E-state index contributed by atoms with van der Waals surface area (Å²) in [5, 5.41) is 2.37. The van der Waals surface area contributed by atoms with Crippen molar-refractivity contribution in [3.8, 4) is 5.75 Å². The summed E-state index contributed by atoms with van der Waals surface area (Å²) in [5.41, 5.74) is 0.506. The van der Waals surface area contributed by atoms with Crippen molar-refractivity contribution in [2.45, 2.75) is 32.5 Å². The maximum atomic E-state index is 12.4. The standard InChI is InChI=1S/C20H19F2NO5/c1-13(19(26)23-15-9-5-6-10-17(15)28-20(21)22)27-18(25)12-11-16(24)14-7-3-2-4-8-14/h2-10,13,20H,11-12H2,1H3,(H,23,26). The zero-order valence-electron chi connectivity index (χ0n) is 15.1. The number of hydrogen-bond acceptors (Lipinski definition) is 5. The third-order valence-electron chi connectivity index (χ3n) is 3.69. The molecule has 0 saturated carbocycles. The maximum Gasteiger partial charge on any atom is 0.387 e. The lowest BCUT2D eigenvalue weighted by atomic mass is 10.1. The molecule has 0 aliphatic rings. The zero-order valence-corrected chi connectivity index (χ0v) is 15.1. The van der Waals surface area contributed by atoms with Crippen molar-refractivity contribution in [3.63, 3.8) is 0 Å². The van der Waals surface area contributed by atoms with Crippen molar-refractivity contribution < 1.29 is 32.6 Å². The van der Waals surface area contributed by atoms with Crippen molar-refractivity contribution >= 4 is 23.3 Å². The number of nitrogens with one attached hydrogen (secondary N) is 1. The van der Waals surface area contributed by atoms with Crippen LogP contribution in [-0.2, 0) is 14.3 Å². The molecule has 8 heteroatoms. The van der Waals surface area contributed by atoms with Crippen molar-refractivity contribution in [3.05, 3.63) is 60.2 Å². The van der Waals surface area contributed by atoms with E-state index in [0.717, 1.165) is 0 Å². The van der Waals surface area contributed by atoms with Crippen LogP contribution in [0.1, 0.15) is 30.1 Å². The largest absolute Gasteiger partial charge is 0.453 e. The smallest absolute Gasteiger partial charge is 0.387 e. The first-order valence-electron chi connectivity index (χ1n) is 8.49. The lowest BCUT2D eigenvalue weighted by molar-refractivity contribution is -0.153. The van der Waals surface area contributed by atoms with Crippen LogP contribution in [0.5, 0.6) is 5.75 Å². The van der Waals surface area contributed by atoms with E-state index >= 15 is 0 Å². The van der Waals surface area contributed by atoms with Gasteiger partial charge >= 0.3 is 12.6 Å². The molecule has 6 nitrogen and oxygen atoms in total. The predicted molar refractivity (Wildman–Crippen MR) is 97.3 cm³/mol. The summed E-state index contributed by atoms with van der Waals surface area (Å²) in [6.07, 6.45) is -1.42. The van der Waals surface area contributed by atoms with E-state index in [2.05, 4.69) is 10.1 Å². The number of hydrogen-bond donors (Lipinski definition) is 1. The first-order valence-corrected chi connectivity index (χ1v) is 8.49. The van der Waals surface area contributed by atoms with Gasteiger partial charge in [0.05, 0.1) is 12.1 Å². The summed E-state index contributed by atoms with van der Waals surface area (Å²) in [6, 6.07) is 14.1. The predicted octanol–water partition coefficient (Wildman–Crippen LogP) is 3.82. The van der Waals surface area contributed by atoms with E-state index in [4.69, 9.17) is 4.74 Å². The van der Waals surface area contributed by atoms with Gasteiger partial charge in [0, 0.05) is 12.0 Å². The molecule has 1 amide bonds. The Labute approximate surface area is 160 Å². The molecule has 0 aliphatic carbocycles. The van der Waals surface area contributed by atoms with Crippen LogP contribution in [0.3, 0.4) is 0 Å². The second-order valence-corrected chi connectivity index (χ2v) is 5.79. The topological polar surface area (TPSA) is 81.7 Å². The molecule has 0 aliphatic heterocycles. The summed E-state index contributed by atoms with van der Waals surface area (Å²) in [7, 11) is 0. The van der Waals surface area contributed by atoms with Crippen molar-refractivity contribution in [1.82, 2.24) is 0 Å². The number of halogens is 2. The second-order valence-electron chi connectivity index (χ2n) is 5.79. The van der Waals surface area contributed by atoms with Gasteiger partial charge in [0.25, 0.3) is 5.91 Å². The SMILES string of the molecule is CC(OC(=O)CCC(=O)c1ccccc1)C(=O)Nc1ccccc1OC(F)F. The molecule has 0 saturated heterocycles. The molecule has 148 valence electrons. The van der Waals surface area contributed by atoms with Crippen LogP contribution in [-0.4, -0.2) is 30.4 Å². The average molecular weight is 391 g/mol. The fourth-order valence-corrected chi connectivity index (χ4v) is 2.30. The number of amides is 1. The van der Waals surface area contributed by atoms with E-state index in [9.17, 15) is 23.2 Å². The van der Waals surface area contributed by atoms with Crippen molar-refractivity contribution in [2.75, 3.05) is 5.32 Å². The normalized spacial score (nSPS) is 11.6. The Morgan fingerprint density at radius 3 is 2.29 bits per heavy atom. The molecule has 1 unspecified atom stereocenters. The summed E-state index contributed by atoms with van der Waals surface area (Å²) in [6.45, 7) is -1.71. The Morgan fingerprint density at radius 2 is 1.61 bits per heavy atom. The highest BCUT2D eigenvalue weighted by Crippen LogP contribution is 2.25. The molecule has 0 radical (unpaired) electrons. The summed E-state index contributed by atoms with van der Waals surface area (Å²) < 4.78 is 34.1. The number of ether oxygens (including phenoxy) is 2. The molecule has 28 heavy (non-hydrogen) atoms. The monoisotopic (exact) mass is 391 g/mol. The van der Waals surface area contributed by atoms with Gasteiger partial charge in [-0.3, -0.25) is 14.4 Å². The van der Waals surface area contributed by atoms with Gasteiger partial charge < -0.3 is 14.8 Å². The van der Waals surface area contributed by atoms with Crippen molar-refractivity contribution in [2.24, 2.45) is 0 Å². The van der Waals surface area contributed by atoms with Crippen LogP contribution >= 0.6 is 0 Å². The molecule has 2 aromatic carbocycles. The number of rotatable bonds is 9. The van der Waals surface area contributed by atoms with Gasteiger partial charge in [-0.05, 0) is 19.1 Å². The minimum Gasteiger partial charge on any atom is -0.453 e. The third-order valence-corrected chi connectivity index (χ3v) is 3.69. The van der Waals surface area contributed by atoms with E-state index in [0.29, 0.717) is 5.56 Å². The zero-order chi connectivity index (χ0) is 20.5. The van der Waals surface area contributed by atoms with Gasteiger partial charge in [-0.25, -0.2) is 0 Å². The van der Waals surface area contributed by atoms with Crippen LogP contribution in [0.4, 0.5) is 14.5 Å². The number of carbonyl (C=O) groups excluding carboxylic acids is 3. The number of ketones is 1. The molecule has 0 spiro atoms. The fraction of sp³-hybridized carbons (Fsp3) is 0.250. The molecule has 0 bridgehead atoms. The third kappa shape index (κ3) is 6.46. The molecule has 0 fully saturated rings. The van der Waals surface area contributed by atoms with Crippen LogP contribution in [0.15, 0.2) is 54.6 Å². The summed E-state index contributed by atoms with van der Waals surface area (Å²) >= 11 is 0. The fourth-order valence-electron chi connectivity index (χ4n) is 2.30. The minimum absolute atomic E-state index is 0.0231. The Hall–Kier alpha value is -3.29. The lowest BCUT2D eigenvalue weighted by Gasteiger charge is -2.15. The number of anilines is 1. The Balaban J connectivity index is 1.85. The van der Waals surface area contributed by atoms with E-state index in [1.165, 1.54) is 31.2 Å². The van der Waals surface area contributed by atoms with E-state index < -0.39 is 24.6 Å². The van der Waals surface area contributed by atoms with Gasteiger partial charge in [-0.2, -0.15) is 8.78 Å². The van der Waals surface area contributed by atoms with Gasteiger partial charge in [-0.1, -0.05) is 42.5 Å². The number of carbonyl (C=O) groups is 3. The number of esters is 1. The lowest BCUT2D eigenvalue weighted by Crippen LogP contribution is -2.30. The van der Waals surface area contributed by atoms with Crippen LogP contribution in [0, 0.1) is 0 Å². The summed E-state index contributed by atoms with van der Waals surface area (Å²) in [4.78, 5) is 36.0. The Kier molecular flexibility index (Phi) is 7.62. The van der Waals surface area contributed by atoms with Gasteiger partial charge in [-0.15, -0.1) is 0 Å². The Morgan fingerprint density at radius 1 is 0.964 bits per heavy atom. The average Bonchev–Trinajstić information content (AvgIpc) is 2.67. The molecule has 2 aromatic rings. The Bertz CT molecular complexity index is 826.